The van der Waals surface area contributed by atoms with E-state index in [0.29, 0.717) is 35.8 Å². The lowest BCUT2D eigenvalue weighted by atomic mass is 10.2. The smallest absolute Gasteiger partial charge is 0.417 e. The normalized spacial score (nSPS) is 11.8. The maximum absolute atomic E-state index is 13.1. The molecule has 2 aromatic heterocycles. The molecule has 148 valence electrons. The highest BCUT2D eigenvalue weighted by atomic mass is 35.5. The molecule has 3 aromatic rings. The SMILES string of the molecule is CCOC(=O)Cc1ccc(-n2c(CC)nc3cc(C(F)(F)F)c(Cl)cc32)cn1. The van der Waals surface area contributed by atoms with Crippen molar-refractivity contribution in [1.82, 2.24) is 14.5 Å². The molecule has 5 nitrogen and oxygen atoms in total. The second kappa shape index (κ2) is 7.79. The summed E-state index contributed by atoms with van der Waals surface area (Å²) < 4.78 is 46.0. The molecule has 0 amide bonds. The summed E-state index contributed by atoms with van der Waals surface area (Å²) in [5.41, 5.74) is 0.876. The number of alkyl halides is 3. The Balaban J connectivity index is 2.05. The van der Waals surface area contributed by atoms with Crippen LogP contribution in [-0.4, -0.2) is 27.1 Å². The Bertz CT molecular complexity index is 1010. The predicted molar refractivity (Wildman–Crippen MR) is 98.6 cm³/mol. The zero-order valence-corrected chi connectivity index (χ0v) is 15.9. The number of carbonyl (C=O) groups excluding carboxylic acids is 1. The highest BCUT2D eigenvalue weighted by molar-refractivity contribution is 6.32. The van der Waals surface area contributed by atoms with Gasteiger partial charge in [0.1, 0.15) is 5.82 Å². The molecule has 0 aliphatic rings. The van der Waals surface area contributed by atoms with Gasteiger partial charge in [-0.25, -0.2) is 4.98 Å². The second-order valence-corrected chi connectivity index (χ2v) is 6.43. The molecular formula is C19H17ClF3N3O2. The first-order valence-corrected chi connectivity index (χ1v) is 9.01. The van der Waals surface area contributed by atoms with Crippen molar-refractivity contribution in [2.75, 3.05) is 6.61 Å². The highest BCUT2D eigenvalue weighted by Crippen LogP contribution is 2.37. The number of imidazole rings is 1. The number of hydrogen-bond donors (Lipinski definition) is 0. The number of esters is 1. The van der Waals surface area contributed by atoms with Crippen molar-refractivity contribution in [3.05, 3.63) is 52.6 Å². The number of benzene rings is 1. The number of fused-ring (bicyclic) bond motifs is 1. The second-order valence-electron chi connectivity index (χ2n) is 6.03. The van der Waals surface area contributed by atoms with E-state index in [9.17, 15) is 18.0 Å². The molecule has 9 heteroatoms. The van der Waals surface area contributed by atoms with Crippen molar-refractivity contribution >= 4 is 28.6 Å². The van der Waals surface area contributed by atoms with E-state index < -0.39 is 16.8 Å². The number of halogens is 4. The maximum Gasteiger partial charge on any atom is 0.417 e. The number of aryl methyl sites for hydroxylation is 1. The lowest BCUT2D eigenvalue weighted by Crippen LogP contribution is -2.09. The number of pyridine rings is 1. The van der Waals surface area contributed by atoms with E-state index in [-0.39, 0.29) is 17.9 Å². The van der Waals surface area contributed by atoms with Crippen LogP contribution in [0.4, 0.5) is 13.2 Å². The van der Waals surface area contributed by atoms with E-state index in [1.807, 2.05) is 6.92 Å². The molecule has 2 heterocycles. The minimum atomic E-state index is -4.56. The molecule has 0 aliphatic carbocycles. The Morgan fingerprint density at radius 1 is 1.25 bits per heavy atom. The topological polar surface area (TPSA) is 57.0 Å². The van der Waals surface area contributed by atoms with Crippen LogP contribution in [0.3, 0.4) is 0 Å². The van der Waals surface area contributed by atoms with Crippen LogP contribution in [0.15, 0.2) is 30.5 Å². The number of nitrogens with zero attached hydrogens (tertiary/aromatic N) is 3. The van der Waals surface area contributed by atoms with Gasteiger partial charge in [-0.05, 0) is 31.2 Å². The van der Waals surface area contributed by atoms with Gasteiger partial charge in [-0.2, -0.15) is 13.2 Å². The molecule has 0 spiro atoms. The molecule has 3 rings (SSSR count). The van der Waals surface area contributed by atoms with Crippen molar-refractivity contribution < 1.29 is 22.7 Å². The van der Waals surface area contributed by atoms with Crippen LogP contribution in [0, 0.1) is 0 Å². The van der Waals surface area contributed by atoms with Crippen LogP contribution in [0.5, 0.6) is 0 Å². The molecule has 0 N–H and O–H groups in total. The van der Waals surface area contributed by atoms with Crippen LogP contribution < -0.4 is 0 Å². The van der Waals surface area contributed by atoms with Gasteiger partial charge >= 0.3 is 12.1 Å². The molecule has 0 fully saturated rings. The standard InChI is InChI=1S/C19H17ClF3N3O2/c1-3-17-25-15-8-13(19(21,22)23)14(20)9-16(15)26(17)12-6-5-11(24-10-12)7-18(27)28-4-2/h5-6,8-10H,3-4,7H2,1-2H3. The van der Waals surface area contributed by atoms with Crippen molar-refractivity contribution in [1.29, 1.82) is 0 Å². The van der Waals surface area contributed by atoms with E-state index in [1.165, 1.54) is 6.07 Å². The van der Waals surface area contributed by atoms with E-state index in [4.69, 9.17) is 16.3 Å². The quantitative estimate of drug-likeness (QED) is 0.568. The van der Waals surface area contributed by atoms with Crippen LogP contribution >= 0.6 is 11.6 Å². The molecule has 0 radical (unpaired) electrons. The zero-order chi connectivity index (χ0) is 20.5. The Hall–Kier alpha value is -2.61. The Kier molecular flexibility index (Phi) is 5.60. The van der Waals surface area contributed by atoms with Crippen LogP contribution in [0.1, 0.15) is 30.9 Å². The van der Waals surface area contributed by atoms with E-state index in [1.54, 1.807) is 29.8 Å². The fourth-order valence-electron chi connectivity index (χ4n) is 2.90. The molecule has 0 aliphatic heterocycles. The summed E-state index contributed by atoms with van der Waals surface area (Å²) >= 11 is 5.88. The molecule has 0 saturated carbocycles. The summed E-state index contributed by atoms with van der Waals surface area (Å²) in [6, 6.07) is 5.62. The Morgan fingerprint density at radius 3 is 2.57 bits per heavy atom. The van der Waals surface area contributed by atoms with Gasteiger partial charge < -0.3 is 4.74 Å². The van der Waals surface area contributed by atoms with Crippen molar-refractivity contribution in [3.8, 4) is 5.69 Å². The maximum atomic E-state index is 13.1. The first-order valence-electron chi connectivity index (χ1n) is 8.63. The predicted octanol–water partition coefficient (Wildman–Crippen LogP) is 4.76. The third-order valence-corrected chi connectivity index (χ3v) is 4.45. The Morgan fingerprint density at radius 2 is 2.00 bits per heavy atom. The summed E-state index contributed by atoms with van der Waals surface area (Å²) in [4.78, 5) is 20.1. The summed E-state index contributed by atoms with van der Waals surface area (Å²) in [5, 5.41) is -0.393. The number of ether oxygens (including phenoxy) is 1. The molecular weight excluding hydrogens is 395 g/mol. The summed E-state index contributed by atoms with van der Waals surface area (Å²) in [7, 11) is 0. The first kappa shape index (κ1) is 20.1. The summed E-state index contributed by atoms with van der Waals surface area (Å²) in [6.07, 6.45) is -2.48. The largest absolute Gasteiger partial charge is 0.466 e. The van der Waals surface area contributed by atoms with E-state index >= 15 is 0 Å². The van der Waals surface area contributed by atoms with Gasteiger partial charge in [-0.3, -0.25) is 14.3 Å². The van der Waals surface area contributed by atoms with Gasteiger partial charge in [0.15, 0.2) is 0 Å². The lowest BCUT2D eigenvalue weighted by molar-refractivity contribution is -0.142. The van der Waals surface area contributed by atoms with Crippen LogP contribution in [-0.2, 0) is 28.5 Å². The zero-order valence-electron chi connectivity index (χ0n) is 15.2. The van der Waals surface area contributed by atoms with Gasteiger partial charge in [-0.15, -0.1) is 0 Å². The van der Waals surface area contributed by atoms with Crippen molar-refractivity contribution in [3.63, 3.8) is 0 Å². The molecule has 0 unspecified atom stereocenters. The minimum absolute atomic E-state index is 0.0419. The van der Waals surface area contributed by atoms with Gasteiger partial charge in [-0.1, -0.05) is 18.5 Å². The summed E-state index contributed by atoms with van der Waals surface area (Å²) in [6.45, 7) is 3.87. The highest BCUT2D eigenvalue weighted by Gasteiger charge is 2.34. The van der Waals surface area contributed by atoms with Crippen LogP contribution in [0.25, 0.3) is 16.7 Å². The number of hydrogen-bond acceptors (Lipinski definition) is 4. The van der Waals surface area contributed by atoms with Gasteiger partial charge in [0.25, 0.3) is 0 Å². The monoisotopic (exact) mass is 411 g/mol. The van der Waals surface area contributed by atoms with Crippen molar-refractivity contribution in [2.24, 2.45) is 0 Å². The minimum Gasteiger partial charge on any atom is -0.466 e. The fraction of sp³-hybridized carbons (Fsp3) is 0.316. The molecule has 0 bridgehead atoms. The molecule has 0 atom stereocenters. The van der Waals surface area contributed by atoms with E-state index in [0.717, 1.165) is 6.07 Å². The Labute approximate surface area is 164 Å². The van der Waals surface area contributed by atoms with Gasteiger partial charge in [0.05, 0.1) is 52.2 Å². The number of rotatable bonds is 5. The average Bonchev–Trinajstić information content (AvgIpc) is 2.98. The van der Waals surface area contributed by atoms with Crippen LogP contribution in [0.2, 0.25) is 5.02 Å². The molecule has 28 heavy (non-hydrogen) atoms. The van der Waals surface area contributed by atoms with Crippen molar-refractivity contribution in [2.45, 2.75) is 32.9 Å². The van der Waals surface area contributed by atoms with Gasteiger partial charge in [0.2, 0.25) is 0 Å². The number of carbonyl (C=O) groups is 1. The first-order chi connectivity index (χ1) is 13.2. The molecule has 1 aromatic carbocycles. The fourth-order valence-corrected chi connectivity index (χ4v) is 3.17. The third-order valence-electron chi connectivity index (χ3n) is 4.13. The average molecular weight is 412 g/mol. The number of aromatic nitrogens is 3. The third kappa shape index (κ3) is 3.96. The molecule has 0 saturated heterocycles. The van der Waals surface area contributed by atoms with Gasteiger partial charge in [0, 0.05) is 6.42 Å². The summed E-state index contributed by atoms with van der Waals surface area (Å²) in [5.74, 6) is 0.196. The van der Waals surface area contributed by atoms with E-state index in [2.05, 4.69) is 9.97 Å². The lowest BCUT2D eigenvalue weighted by Gasteiger charge is -2.11.